The lowest BCUT2D eigenvalue weighted by molar-refractivity contribution is -0.164. The Morgan fingerprint density at radius 1 is 1.12 bits per heavy atom. The highest BCUT2D eigenvalue weighted by Crippen LogP contribution is 2.48. The summed E-state index contributed by atoms with van der Waals surface area (Å²) < 4.78 is 17.0. The lowest BCUT2D eigenvalue weighted by Gasteiger charge is -2.47. The minimum atomic E-state index is -0.515. The summed E-state index contributed by atoms with van der Waals surface area (Å²) in [6.07, 6.45) is 3.36. The van der Waals surface area contributed by atoms with Gasteiger partial charge in [0.25, 0.3) is 0 Å². The predicted octanol–water partition coefficient (Wildman–Crippen LogP) is 5.91. The molecule has 3 rings (SSSR count). The topological polar surface area (TPSA) is 48.0 Å². The van der Waals surface area contributed by atoms with Gasteiger partial charge in [-0.15, -0.1) is 0 Å². The van der Waals surface area contributed by atoms with Crippen LogP contribution in [0.5, 0.6) is 11.5 Å². The molecule has 6 heteroatoms. The van der Waals surface area contributed by atoms with Gasteiger partial charge in [-0.1, -0.05) is 37.6 Å². The number of nitrogens with zero attached hydrogens (tertiary/aromatic N) is 1. The van der Waals surface area contributed by atoms with Crippen LogP contribution in [-0.4, -0.2) is 50.8 Å². The Labute approximate surface area is 209 Å². The first kappa shape index (κ1) is 26.4. The van der Waals surface area contributed by atoms with Gasteiger partial charge in [0.15, 0.2) is 11.5 Å². The third-order valence-electron chi connectivity index (χ3n) is 6.98. The summed E-state index contributed by atoms with van der Waals surface area (Å²) in [6, 6.07) is 12.2. The van der Waals surface area contributed by atoms with Crippen LogP contribution in [0.15, 0.2) is 36.4 Å². The Morgan fingerprint density at radius 3 is 2.50 bits per heavy atom. The molecule has 0 aliphatic heterocycles. The monoisotopic (exact) mass is 487 g/mol. The number of fused-ring (bicyclic) bond motifs is 1. The van der Waals surface area contributed by atoms with Gasteiger partial charge in [0.05, 0.1) is 14.2 Å². The molecule has 0 aromatic heterocycles. The van der Waals surface area contributed by atoms with Crippen LogP contribution >= 0.6 is 11.6 Å². The van der Waals surface area contributed by atoms with E-state index in [4.69, 9.17) is 25.8 Å². The van der Waals surface area contributed by atoms with Gasteiger partial charge in [0.2, 0.25) is 0 Å². The molecule has 0 unspecified atom stereocenters. The Kier molecular flexibility index (Phi) is 8.89. The van der Waals surface area contributed by atoms with Crippen molar-refractivity contribution in [2.45, 2.75) is 58.0 Å². The van der Waals surface area contributed by atoms with Crippen LogP contribution in [0.2, 0.25) is 5.02 Å². The summed E-state index contributed by atoms with van der Waals surface area (Å²) in [5.74, 6) is 1.74. The van der Waals surface area contributed by atoms with Gasteiger partial charge in [0, 0.05) is 37.4 Å². The molecule has 1 aliphatic carbocycles. The van der Waals surface area contributed by atoms with E-state index in [1.165, 1.54) is 23.6 Å². The largest absolute Gasteiger partial charge is 0.493 e. The highest BCUT2D eigenvalue weighted by molar-refractivity contribution is 6.30. The van der Waals surface area contributed by atoms with Crippen molar-refractivity contribution in [2.24, 2.45) is 5.92 Å². The molecular weight excluding hydrogens is 450 g/mol. The summed E-state index contributed by atoms with van der Waals surface area (Å²) in [5.41, 5.74) is 3.22. The van der Waals surface area contributed by atoms with E-state index in [0.29, 0.717) is 5.92 Å². The average molecular weight is 488 g/mol. The van der Waals surface area contributed by atoms with E-state index in [0.717, 1.165) is 55.3 Å². The molecule has 0 heterocycles. The average Bonchev–Trinajstić information content (AvgIpc) is 2.80. The fraction of sp³-hybridized carbons (Fsp3) is 0.536. The van der Waals surface area contributed by atoms with Crippen molar-refractivity contribution in [2.75, 3.05) is 34.4 Å². The van der Waals surface area contributed by atoms with Crippen LogP contribution < -0.4 is 9.47 Å². The fourth-order valence-electron chi connectivity index (χ4n) is 5.43. The maximum Gasteiger partial charge on any atom is 0.303 e. The third kappa shape index (κ3) is 6.05. The molecule has 0 fully saturated rings. The van der Waals surface area contributed by atoms with Crippen LogP contribution in [0.3, 0.4) is 0 Å². The highest BCUT2D eigenvalue weighted by Gasteiger charge is 2.47. The second-order valence-electron chi connectivity index (χ2n) is 9.72. The van der Waals surface area contributed by atoms with E-state index in [-0.39, 0.29) is 11.9 Å². The molecule has 0 radical (unpaired) electrons. The second kappa shape index (κ2) is 11.5. The van der Waals surface area contributed by atoms with Crippen molar-refractivity contribution >= 4 is 17.6 Å². The number of benzene rings is 2. The number of aryl methyl sites for hydroxylation is 1. The Bertz CT molecular complexity index is 992. The number of esters is 1. The number of rotatable bonds is 10. The summed E-state index contributed by atoms with van der Waals surface area (Å²) in [7, 11) is 5.43. The van der Waals surface area contributed by atoms with Crippen molar-refractivity contribution in [3.8, 4) is 11.5 Å². The molecule has 5 nitrogen and oxygen atoms in total. The molecular formula is C28H38ClNO4. The maximum absolute atomic E-state index is 12.2. The Morgan fingerprint density at radius 2 is 1.85 bits per heavy atom. The van der Waals surface area contributed by atoms with E-state index in [2.05, 4.69) is 44.0 Å². The minimum absolute atomic E-state index is 0.136. The molecule has 0 saturated heterocycles. The summed E-state index contributed by atoms with van der Waals surface area (Å²) in [6.45, 7) is 7.69. The molecule has 0 spiro atoms. The minimum Gasteiger partial charge on any atom is -0.493 e. The first-order valence-corrected chi connectivity index (χ1v) is 12.4. The van der Waals surface area contributed by atoms with Crippen LogP contribution in [0.4, 0.5) is 0 Å². The number of hydrogen-bond donors (Lipinski definition) is 0. The summed E-state index contributed by atoms with van der Waals surface area (Å²) in [4.78, 5) is 14.6. The van der Waals surface area contributed by atoms with E-state index in [1.54, 1.807) is 14.2 Å². The molecule has 0 N–H and O–H groups in total. The van der Waals surface area contributed by atoms with E-state index >= 15 is 0 Å². The smallest absolute Gasteiger partial charge is 0.303 e. The second-order valence-corrected chi connectivity index (χ2v) is 10.2. The number of likely N-dealkylation sites (N-methyl/N-ethyl adjacent to an activating group) is 1. The molecule has 2 aromatic rings. The van der Waals surface area contributed by atoms with E-state index in [9.17, 15) is 4.79 Å². The molecule has 1 aliphatic rings. The number of carbonyl (C=O) groups excluding carboxylic acids is 1. The zero-order valence-corrected chi connectivity index (χ0v) is 22.1. The first-order chi connectivity index (χ1) is 16.2. The van der Waals surface area contributed by atoms with Gasteiger partial charge in [0.1, 0.15) is 5.60 Å². The SMILES string of the molecule is COc1ccc(CCN(C)CC[C@@]2(OC(C)=O)CCc3cc(Cl)ccc3[C@@H]2C(C)C)cc1OC. The number of carbonyl (C=O) groups is 1. The molecule has 0 saturated carbocycles. The van der Waals surface area contributed by atoms with Gasteiger partial charge in [-0.05, 0) is 73.2 Å². The molecule has 0 bridgehead atoms. The van der Waals surface area contributed by atoms with Crippen molar-refractivity contribution in [1.29, 1.82) is 0 Å². The third-order valence-corrected chi connectivity index (χ3v) is 7.22. The van der Waals surface area contributed by atoms with Crippen LogP contribution in [0.25, 0.3) is 0 Å². The number of halogens is 1. The molecule has 2 aromatic carbocycles. The first-order valence-electron chi connectivity index (χ1n) is 12.1. The van der Waals surface area contributed by atoms with Crippen molar-refractivity contribution < 1.29 is 19.0 Å². The quantitative estimate of drug-likeness (QED) is 0.390. The van der Waals surface area contributed by atoms with Gasteiger partial charge in [-0.2, -0.15) is 0 Å². The maximum atomic E-state index is 12.2. The van der Waals surface area contributed by atoms with Crippen LogP contribution in [-0.2, 0) is 22.4 Å². The Hall–Kier alpha value is -2.24. The van der Waals surface area contributed by atoms with Crippen LogP contribution in [0.1, 0.15) is 56.2 Å². The van der Waals surface area contributed by atoms with Gasteiger partial charge >= 0.3 is 5.97 Å². The van der Waals surface area contributed by atoms with Crippen molar-refractivity contribution in [3.05, 3.63) is 58.1 Å². The lowest BCUT2D eigenvalue weighted by Crippen LogP contribution is -2.48. The molecule has 2 atom stereocenters. The normalized spacial score (nSPS) is 19.7. The molecule has 186 valence electrons. The number of ether oxygens (including phenoxy) is 3. The summed E-state index contributed by atoms with van der Waals surface area (Å²) >= 11 is 6.28. The standard InChI is InChI=1S/C28H38ClNO4/c1-19(2)27-24-9-8-23(29)18-22(24)11-13-28(27,34-20(3)31)14-16-30(4)15-12-21-7-10-25(32-5)26(17-21)33-6/h7-10,17-19,27H,11-16H2,1-6H3/t27-,28-/m0/s1. The number of hydrogen-bond acceptors (Lipinski definition) is 5. The molecule has 34 heavy (non-hydrogen) atoms. The van der Waals surface area contributed by atoms with Crippen molar-refractivity contribution in [1.82, 2.24) is 4.90 Å². The van der Waals surface area contributed by atoms with Gasteiger partial charge in [-0.3, -0.25) is 4.79 Å². The lowest BCUT2D eigenvalue weighted by atomic mass is 9.65. The van der Waals surface area contributed by atoms with Crippen molar-refractivity contribution in [3.63, 3.8) is 0 Å². The van der Waals surface area contributed by atoms with E-state index < -0.39 is 5.60 Å². The zero-order chi connectivity index (χ0) is 24.9. The number of methoxy groups -OCH3 is 2. The summed E-state index contributed by atoms with van der Waals surface area (Å²) in [5, 5.41) is 0.760. The van der Waals surface area contributed by atoms with E-state index in [1.807, 2.05) is 18.2 Å². The fourth-order valence-corrected chi connectivity index (χ4v) is 5.62. The van der Waals surface area contributed by atoms with Gasteiger partial charge < -0.3 is 19.1 Å². The highest BCUT2D eigenvalue weighted by atomic mass is 35.5. The molecule has 0 amide bonds. The Balaban J connectivity index is 1.73. The van der Waals surface area contributed by atoms with Crippen LogP contribution in [0, 0.1) is 5.92 Å². The predicted molar refractivity (Wildman–Crippen MR) is 137 cm³/mol. The van der Waals surface area contributed by atoms with Gasteiger partial charge in [-0.25, -0.2) is 0 Å². The zero-order valence-electron chi connectivity index (χ0n) is 21.3.